The Labute approximate surface area is 315 Å². The molecule has 1 aliphatic carbocycles. The average Bonchev–Trinajstić information content (AvgIpc) is 3.15. The molecule has 0 atom stereocenters. The van der Waals surface area contributed by atoms with Crippen molar-refractivity contribution < 1.29 is 33.3 Å². The molecule has 290 valence electrons. The molecule has 0 N–H and O–H groups in total. The molecule has 2 aromatic carbocycles. The Balaban J connectivity index is 0.000000493. The van der Waals surface area contributed by atoms with Crippen molar-refractivity contribution in [1.82, 2.24) is 0 Å². The highest BCUT2D eigenvalue weighted by Crippen LogP contribution is 2.38. The summed E-state index contributed by atoms with van der Waals surface area (Å²) < 4.78 is 22.3. The van der Waals surface area contributed by atoms with E-state index in [9.17, 15) is 14.4 Å². The van der Waals surface area contributed by atoms with E-state index in [2.05, 4.69) is 25.6 Å². The van der Waals surface area contributed by atoms with Crippen LogP contribution in [0, 0.1) is 5.92 Å². The summed E-state index contributed by atoms with van der Waals surface area (Å²) in [5, 5.41) is 0. The van der Waals surface area contributed by atoms with Gasteiger partial charge in [0.05, 0.1) is 12.2 Å². The highest BCUT2D eigenvalue weighted by molar-refractivity contribution is 6.00. The molecular weight excluding hydrogens is 652 g/mol. The molecule has 0 bridgehead atoms. The van der Waals surface area contributed by atoms with E-state index in [1.165, 1.54) is 56.9 Å². The lowest BCUT2D eigenvalue weighted by Gasteiger charge is -2.29. The maximum absolute atomic E-state index is 12.6. The Bertz CT molecular complexity index is 1270. The van der Waals surface area contributed by atoms with Crippen LogP contribution < -0.4 is 9.47 Å². The molecule has 0 amide bonds. The minimum absolute atomic E-state index is 0.0552. The van der Waals surface area contributed by atoms with E-state index in [1.807, 2.05) is 31.2 Å². The fourth-order valence-electron chi connectivity index (χ4n) is 6.54. The van der Waals surface area contributed by atoms with E-state index in [0.717, 1.165) is 76.1 Å². The number of Topliss-reactive ketones (excluding diaryl/α,β-unsaturated/α-hetero) is 1. The zero-order valence-electron chi connectivity index (χ0n) is 33.1. The number of ketones is 1. The van der Waals surface area contributed by atoms with Gasteiger partial charge in [0.2, 0.25) is 0 Å². The Morgan fingerprint density at radius 1 is 0.769 bits per heavy atom. The van der Waals surface area contributed by atoms with Crippen LogP contribution in [-0.4, -0.2) is 50.1 Å². The van der Waals surface area contributed by atoms with Gasteiger partial charge in [-0.25, -0.2) is 4.79 Å². The fourth-order valence-corrected chi connectivity index (χ4v) is 6.54. The van der Waals surface area contributed by atoms with Crippen molar-refractivity contribution in [2.45, 2.75) is 149 Å². The molecule has 2 aromatic rings. The lowest BCUT2D eigenvalue weighted by Crippen LogP contribution is -2.35. The van der Waals surface area contributed by atoms with Crippen molar-refractivity contribution >= 4 is 18.0 Å². The van der Waals surface area contributed by atoms with Crippen molar-refractivity contribution in [3.05, 3.63) is 71.8 Å². The first-order valence-electron chi connectivity index (χ1n) is 20.0. The van der Waals surface area contributed by atoms with Crippen LogP contribution in [0.15, 0.2) is 60.7 Å². The van der Waals surface area contributed by atoms with Crippen molar-refractivity contribution in [1.29, 1.82) is 0 Å². The van der Waals surface area contributed by atoms with Crippen LogP contribution in [0.5, 0.6) is 11.5 Å². The molecule has 0 unspecified atom stereocenters. The molecule has 0 heterocycles. The van der Waals surface area contributed by atoms with Crippen LogP contribution in [0.25, 0.3) is 0 Å². The number of hydrogen-bond acceptors (Lipinski definition) is 7. The number of aldehydes is 1. The second-order valence-electron chi connectivity index (χ2n) is 14.6. The second-order valence-corrected chi connectivity index (χ2v) is 14.6. The number of ether oxygens (including phenoxy) is 4. The summed E-state index contributed by atoms with van der Waals surface area (Å²) >= 11 is 0. The maximum Gasteiger partial charge on any atom is 0.343 e. The van der Waals surface area contributed by atoms with E-state index in [4.69, 9.17) is 18.9 Å². The predicted molar refractivity (Wildman–Crippen MR) is 212 cm³/mol. The van der Waals surface area contributed by atoms with Crippen LogP contribution in [0.2, 0.25) is 0 Å². The Morgan fingerprint density at radius 2 is 1.38 bits per heavy atom. The van der Waals surface area contributed by atoms with Crippen molar-refractivity contribution in [3.63, 3.8) is 0 Å². The average molecular weight is 721 g/mol. The van der Waals surface area contributed by atoms with Crippen LogP contribution >= 0.6 is 0 Å². The largest absolute Gasteiger partial charge is 0.494 e. The minimum Gasteiger partial charge on any atom is -0.494 e. The van der Waals surface area contributed by atoms with E-state index >= 15 is 0 Å². The number of esters is 1. The van der Waals surface area contributed by atoms with Gasteiger partial charge in [-0.15, -0.1) is 0 Å². The Kier molecular flexibility index (Phi) is 22.8. The van der Waals surface area contributed by atoms with E-state index < -0.39 is 5.60 Å². The quantitative estimate of drug-likeness (QED) is 0.0332. The molecular formula is C45H68O7. The number of rotatable bonds is 25. The zero-order valence-corrected chi connectivity index (χ0v) is 33.1. The fraction of sp³-hybridized carbons (Fsp3) is 0.622. The smallest absolute Gasteiger partial charge is 0.343 e. The lowest BCUT2D eigenvalue weighted by molar-refractivity contribution is -0.136. The summed E-state index contributed by atoms with van der Waals surface area (Å²) in [6.07, 6.45) is 19.4. The molecule has 7 nitrogen and oxygen atoms in total. The van der Waals surface area contributed by atoms with E-state index in [-0.39, 0.29) is 11.8 Å². The minimum atomic E-state index is -0.781. The molecule has 7 heteroatoms. The van der Waals surface area contributed by atoms with Crippen molar-refractivity contribution in [2.24, 2.45) is 5.92 Å². The summed E-state index contributed by atoms with van der Waals surface area (Å²) in [4.78, 5) is 34.3. The van der Waals surface area contributed by atoms with Gasteiger partial charge in [-0.3, -0.25) is 4.79 Å². The first kappa shape index (κ1) is 44.9. The number of carbonyl (C=O) groups excluding carboxylic acids is 3. The Morgan fingerprint density at radius 3 is 2.00 bits per heavy atom. The van der Waals surface area contributed by atoms with E-state index in [0.29, 0.717) is 42.4 Å². The van der Waals surface area contributed by atoms with Crippen LogP contribution in [0.3, 0.4) is 0 Å². The molecule has 0 saturated heterocycles. The standard InChI is InChI=1S/C32H46O4.C13H22O3/c1-3-5-8-11-26-12-14-27(15-13-26)28-16-22-31(23-17-28)36-32(33)29-18-20-30(21-19-29)35-25-10-7-6-9-24-34-4-2;1-11(2)12(15)13(3,4)16-10-8-6-5-7-9-14/h16-23,26-27H,3-15,24-25H2,1-2H3;9H,1,5-8,10H2,2-4H3. The summed E-state index contributed by atoms with van der Waals surface area (Å²) in [7, 11) is 0. The van der Waals surface area contributed by atoms with Crippen molar-refractivity contribution in [3.8, 4) is 11.5 Å². The third-order valence-electron chi connectivity index (χ3n) is 9.73. The number of hydrogen-bond donors (Lipinski definition) is 0. The third kappa shape index (κ3) is 18.5. The molecule has 3 rings (SSSR count). The van der Waals surface area contributed by atoms with Crippen molar-refractivity contribution in [2.75, 3.05) is 26.4 Å². The molecule has 0 spiro atoms. The monoisotopic (exact) mass is 720 g/mol. The van der Waals surface area contributed by atoms with E-state index in [1.54, 1.807) is 32.9 Å². The van der Waals surface area contributed by atoms with Gasteiger partial charge in [0.25, 0.3) is 0 Å². The molecule has 1 aliphatic rings. The number of carbonyl (C=O) groups is 3. The van der Waals surface area contributed by atoms with Gasteiger partial charge in [0.15, 0.2) is 5.78 Å². The summed E-state index contributed by atoms with van der Waals surface area (Å²) in [6.45, 7) is 16.0. The number of unbranched alkanes of at least 4 members (excludes halogenated alkanes) is 8. The molecule has 0 radical (unpaired) electrons. The predicted octanol–water partition coefficient (Wildman–Crippen LogP) is 11.4. The molecule has 0 aliphatic heterocycles. The normalized spacial score (nSPS) is 15.6. The second kappa shape index (κ2) is 26.5. The van der Waals surface area contributed by atoms with Gasteiger partial charge >= 0.3 is 5.97 Å². The molecule has 1 saturated carbocycles. The first-order chi connectivity index (χ1) is 25.1. The topological polar surface area (TPSA) is 88.1 Å². The van der Waals surface area contributed by atoms with Gasteiger partial charge in [-0.1, -0.05) is 64.2 Å². The van der Waals surface area contributed by atoms with Crippen LogP contribution in [0.1, 0.15) is 159 Å². The van der Waals surface area contributed by atoms with Gasteiger partial charge < -0.3 is 23.7 Å². The highest BCUT2D eigenvalue weighted by atomic mass is 16.5. The van der Waals surface area contributed by atoms with Gasteiger partial charge in [0.1, 0.15) is 23.4 Å². The molecule has 52 heavy (non-hydrogen) atoms. The summed E-state index contributed by atoms with van der Waals surface area (Å²) in [5.74, 6) is 2.55. The highest BCUT2D eigenvalue weighted by Gasteiger charge is 2.28. The van der Waals surface area contributed by atoms with Gasteiger partial charge in [0, 0.05) is 26.2 Å². The number of benzene rings is 2. The lowest BCUT2D eigenvalue weighted by atomic mass is 9.77. The molecule has 1 fully saturated rings. The van der Waals surface area contributed by atoms with Crippen LogP contribution in [-0.2, 0) is 19.1 Å². The molecule has 0 aromatic heterocycles. The zero-order chi connectivity index (χ0) is 38.0. The SMILES string of the molecule is C=C(C)C(=O)C(C)(C)OCCCCCC=O.CCCCCC1CCC(c2ccc(OC(=O)c3ccc(OCCCCCCOCC)cc3)cc2)CC1. The maximum atomic E-state index is 12.6. The summed E-state index contributed by atoms with van der Waals surface area (Å²) in [6, 6.07) is 15.4. The third-order valence-corrected chi connectivity index (χ3v) is 9.73. The Hall–Kier alpha value is -3.29. The van der Waals surface area contributed by atoms with Gasteiger partial charge in [-0.05, 0) is 145 Å². The van der Waals surface area contributed by atoms with Gasteiger partial charge in [-0.2, -0.15) is 0 Å². The first-order valence-corrected chi connectivity index (χ1v) is 20.0. The van der Waals surface area contributed by atoms with Crippen LogP contribution in [0.4, 0.5) is 0 Å². The summed E-state index contributed by atoms with van der Waals surface area (Å²) in [5.41, 5.74) is 1.64.